The number of fused-ring (bicyclic) bond motifs is 7. The molecule has 4 saturated carbocycles. The normalized spacial score (nSPS) is 44.7. The third-order valence-corrected chi connectivity index (χ3v) is 14.5. The highest BCUT2D eigenvalue weighted by molar-refractivity contribution is 5.78. The number of ether oxygens (including phenoxy) is 3. The van der Waals surface area contributed by atoms with E-state index in [2.05, 4.69) is 53.1 Å². The standard InChI is InChI=1S/C37H56N2O6/c1-23(2)24-10-13-37(32(42)44-19-9-17-39-18-16-38-22-39)15-14-34(5)25(30(24)37)20-26(40)31-35(34,6)12-11-27-33(3,4)45-28(36(27,31)7)21-29(41)43-8/h16,18,22,24-28,30-31,40H,1,9-15,17,19-21H2,2-8H3/t24-,25+,26+,27?,28?,30+,31-,34+,35+,36+,37-/m0/s1. The largest absolute Gasteiger partial charge is 0.469 e. The predicted octanol–water partition coefficient (Wildman–Crippen LogP) is 6.37. The first kappa shape index (κ1) is 32.7. The summed E-state index contributed by atoms with van der Waals surface area (Å²) in [7, 11) is 1.44. The third-order valence-electron chi connectivity index (χ3n) is 14.5. The van der Waals surface area contributed by atoms with Crippen molar-refractivity contribution in [2.24, 2.45) is 51.2 Å². The molecule has 1 saturated heterocycles. The Hall–Kier alpha value is -2.19. The summed E-state index contributed by atoms with van der Waals surface area (Å²) in [5.41, 5.74) is -0.474. The molecule has 6 rings (SSSR count). The lowest BCUT2D eigenvalue weighted by Crippen LogP contribution is -2.69. The second kappa shape index (κ2) is 11.2. The number of hydrogen-bond acceptors (Lipinski definition) is 7. The van der Waals surface area contributed by atoms with Crippen molar-refractivity contribution >= 4 is 11.9 Å². The monoisotopic (exact) mass is 624 g/mol. The maximum atomic E-state index is 14.2. The van der Waals surface area contributed by atoms with Gasteiger partial charge in [0.15, 0.2) is 0 Å². The molecule has 5 fully saturated rings. The van der Waals surface area contributed by atoms with E-state index in [9.17, 15) is 14.7 Å². The molecule has 2 unspecified atom stereocenters. The maximum Gasteiger partial charge on any atom is 0.312 e. The molecule has 0 bridgehead atoms. The number of hydrogen-bond donors (Lipinski definition) is 1. The van der Waals surface area contributed by atoms with Gasteiger partial charge in [0.1, 0.15) is 0 Å². The highest BCUT2D eigenvalue weighted by atomic mass is 16.5. The van der Waals surface area contributed by atoms with Crippen LogP contribution in [-0.2, 0) is 30.3 Å². The Morgan fingerprint density at radius 1 is 1.09 bits per heavy atom. The molecule has 1 N–H and O–H groups in total. The van der Waals surface area contributed by atoms with E-state index >= 15 is 0 Å². The summed E-state index contributed by atoms with van der Waals surface area (Å²) in [6.07, 6.45) is 11.7. The molecular weight excluding hydrogens is 568 g/mol. The number of aromatic nitrogens is 2. The summed E-state index contributed by atoms with van der Waals surface area (Å²) in [6, 6.07) is 0. The fraction of sp³-hybridized carbons (Fsp3) is 0.811. The van der Waals surface area contributed by atoms with Crippen LogP contribution in [0.4, 0.5) is 0 Å². The number of carbonyl (C=O) groups is 2. The van der Waals surface area contributed by atoms with E-state index < -0.39 is 17.1 Å². The van der Waals surface area contributed by atoms with Gasteiger partial charge < -0.3 is 23.9 Å². The predicted molar refractivity (Wildman–Crippen MR) is 171 cm³/mol. The van der Waals surface area contributed by atoms with Gasteiger partial charge in [-0.2, -0.15) is 0 Å². The van der Waals surface area contributed by atoms with Crippen molar-refractivity contribution in [3.8, 4) is 0 Å². The summed E-state index contributed by atoms with van der Waals surface area (Å²) in [5.74, 6) is 0.366. The zero-order valence-electron chi connectivity index (χ0n) is 28.6. The second-order valence-electron chi connectivity index (χ2n) is 16.6. The lowest BCUT2D eigenvalue weighted by molar-refractivity contribution is -0.255. The van der Waals surface area contributed by atoms with E-state index in [0.717, 1.165) is 57.1 Å². The molecule has 11 atom stereocenters. The van der Waals surface area contributed by atoms with Crippen molar-refractivity contribution in [2.75, 3.05) is 13.7 Å². The topological polar surface area (TPSA) is 99.9 Å². The second-order valence-corrected chi connectivity index (χ2v) is 16.6. The van der Waals surface area contributed by atoms with Crippen molar-refractivity contribution < 1.29 is 28.9 Å². The Kier molecular flexibility index (Phi) is 8.16. The highest BCUT2D eigenvalue weighted by Crippen LogP contribution is 2.77. The molecule has 1 aromatic rings. The van der Waals surface area contributed by atoms with Crippen LogP contribution in [0.5, 0.6) is 0 Å². The minimum Gasteiger partial charge on any atom is -0.469 e. The number of carbonyl (C=O) groups excluding carboxylic acids is 2. The van der Waals surface area contributed by atoms with Crippen LogP contribution in [0.15, 0.2) is 30.9 Å². The number of imidazole rings is 1. The Bertz CT molecular complexity index is 1310. The number of aryl methyl sites for hydroxylation is 1. The number of aliphatic hydroxyl groups is 1. The first-order valence-corrected chi connectivity index (χ1v) is 17.4. The molecule has 1 aliphatic heterocycles. The van der Waals surface area contributed by atoms with Crippen molar-refractivity contribution in [2.45, 2.75) is 124 Å². The van der Waals surface area contributed by atoms with Gasteiger partial charge in [0.2, 0.25) is 0 Å². The van der Waals surface area contributed by atoms with E-state index in [1.807, 2.05) is 10.8 Å². The van der Waals surface area contributed by atoms with E-state index in [1.54, 1.807) is 12.5 Å². The lowest BCUT2D eigenvalue weighted by atomic mass is 9.33. The van der Waals surface area contributed by atoms with E-state index in [4.69, 9.17) is 14.2 Å². The average Bonchev–Trinajstić information content (AvgIpc) is 3.68. The number of nitrogens with zero attached hydrogens (tertiary/aromatic N) is 2. The Balaban J connectivity index is 1.33. The van der Waals surface area contributed by atoms with Gasteiger partial charge >= 0.3 is 11.9 Å². The van der Waals surface area contributed by atoms with Crippen LogP contribution in [0.25, 0.3) is 0 Å². The van der Waals surface area contributed by atoms with Gasteiger partial charge in [-0.25, -0.2) is 4.98 Å². The van der Waals surface area contributed by atoms with Gasteiger partial charge in [-0.15, -0.1) is 0 Å². The van der Waals surface area contributed by atoms with Crippen LogP contribution in [0.2, 0.25) is 0 Å². The Morgan fingerprint density at radius 3 is 2.51 bits per heavy atom. The molecule has 5 aliphatic rings. The number of methoxy groups -OCH3 is 1. The molecule has 0 spiro atoms. The van der Waals surface area contributed by atoms with Crippen molar-refractivity contribution in [3.63, 3.8) is 0 Å². The minimum atomic E-state index is -0.563. The first-order chi connectivity index (χ1) is 21.2. The van der Waals surface area contributed by atoms with Crippen molar-refractivity contribution in [1.29, 1.82) is 0 Å². The highest BCUT2D eigenvalue weighted by Gasteiger charge is 2.76. The van der Waals surface area contributed by atoms with E-state index in [-0.39, 0.29) is 70.3 Å². The van der Waals surface area contributed by atoms with Gasteiger partial charge in [0, 0.05) is 24.4 Å². The van der Waals surface area contributed by atoms with Crippen LogP contribution >= 0.6 is 0 Å². The summed E-state index contributed by atoms with van der Waals surface area (Å²) in [4.78, 5) is 31.0. The minimum absolute atomic E-state index is 0.0336. The summed E-state index contributed by atoms with van der Waals surface area (Å²) < 4.78 is 20.0. The number of esters is 2. The SMILES string of the molecule is C=C(C)[C@@H]1CC[C@]2(C(=O)OCCCn3ccnc3)CC[C@]3(C)[C@H](C[C@@H](O)[C@@H]4[C@@]5(C)C(CC(=O)OC)OC(C)(C)C5CC[C@]43C)[C@@H]12. The molecule has 0 aromatic carbocycles. The number of rotatable bonds is 8. The van der Waals surface area contributed by atoms with Crippen LogP contribution < -0.4 is 0 Å². The molecule has 250 valence electrons. The number of aliphatic hydroxyl groups excluding tert-OH is 1. The molecule has 0 radical (unpaired) electrons. The number of allylic oxidation sites excluding steroid dienone is 1. The van der Waals surface area contributed by atoms with Crippen molar-refractivity contribution in [1.82, 2.24) is 9.55 Å². The average molecular weight is 625 g/mol. The summed E-state index contributed by atoms with van der Waals surface area (Å²) in [6.45, 7) is 19.2. The van der Waals surface area contributed by atoms with Crippen LogP contribution in [-0.4, -0.2) is 58.1 Å². The maximum absolute atomic E-state index is 14.2. The van der Waals surface area contributed by atoms with Crippen LogP contribution in [0.3, 0.4) is 0 Å². The molecular formula is C37H56N2O6. The van der Waals surface area contributed by atoms with Gasteiger partial charge in [0.25, 0.3) is 0 Å². The molecule has 4 aliphatic carbocycles. The lowest BCUT2D eigenvalue weighted by Gasteiger charge is -2.71. The quantitative estimate of drug-likeness (QED) is 0.204. The van der Waals surface area contributed by atoms with E-state index in [1.165, 1.54) is 7.11 Å². The Labute approximate surface area is 269 Å². The van der Waals surface area contributed by atoms with Crippen molar-refractivity contribution in [3.05, 3.63) is 30.9 Å². The molecule has 45 heavy (non-hydrogen) atoms. The molecule has 1 aromatic heterocycles. The molecule has 2 heterocycles. The Morgan fingerprint density at radius 2 is 1.84 bits per heavy atom. The molecule has 8 heteroatoms. The third kappa shape index (κ3) is 4.69. The van der Waals surface area contributed by atoms with Gasteiger partial charge in [0.05, 0.1) is 49.7 Å². The zero-order valence-corrected chi connectivity index (χ0v) is 28.6. The van der Waals surface area contributed by atoms with Gasteiger partial charge in [-0.1, -0.05) is 32.9 Å². The first-order valence-electron chi connectivity index (χ1n) is 17.4. The van der Waals surface area contributed by atoms with E-state index in [0.29, 0.717) is 13.0 Å². The molecule has 8 nitrogen and oxygen atoms in total. The zero-order chi connectivity index (χ0) is 32.6. The summed E-state index contributed by atoms with van der Waals surface area (Å²) >= 11 is 0. The van der Waals surface area contributed by atoms with Crippen LogP contribution in [0.1, 0.15) is 99.3 Å². The van der Waals surface area contributed by atoms with Gasteiger partial charge in [-0.05, 0) is 113 Å². The fourth-order valence-corrected chi connectivity index (χ4v) is 12.4. The van der Waals surface area contributed by atoms with Crippen LogP contribution in [0, 0.1) is 51.2 Å². The van der Waals surface area contributed by atoms with Gasteiger partial charge in [-0.3, -0.25) is 9.59 Å². The molecule has 0 amide bonds. The fourth-order valence-electron chi connectivity index (χ4n) is 12.4. The smallest absolute Gasteiger partial charge is 0.312 e. The summed E-state index contributed by atoms with van der Waals surface area (Å²) in [5, 5.41) is 12.4.